The molecule has 0 atom stereocenters. The van der Waals surface area contributed by atoms with Gasteiger partial charge in [-0.1, -0.05) is 12.1 Å². The summed E-state index contributed by atoms with van der Waals surface area (Å²) in [4.78, 5) is 67.1. The highest BCUT2D eigenvalue weighted by Crippen LogP contribution is 2.22. The molecule has 0 unspecified atom stereocenters. The van der Waals surface area contributed by atoms with E-state index in [4.69, 9.17) is 30.5 Å². The number of alkyl halides is 1. The summed E-state index contributed by atoms with van der Waals surface area (Å²) in [5.41, 5.74) is -2.28. The Labute approximate surface area is 246 Å². The fourth-order valence-corrected chi connectivity index (χ4v) is 3.21. The van der Waals surface area contributed by atoms with Crippen LogP contribution in [0, 0.1) is 0 Å². The van der Waals surface area contributed by atoms with Gasteiger partial charge in [-0.05, 0) is 86.9 Å². The minimum absolute atomic E-state index is 0.0230. The van der Waals surface area contributed by atoms with E-state index in [0.29, 0.717) is 21.9 Å². The Hall–Kier alpha value is -3.54. The van der Waals surface area contributed by atoms with Crippen LogP contribution in [0.15, 0.2) is 24.3 Å². The van der Waals surface area contributed by atoms with Crippen LogP contribution in [0.3, 0.4) is 0 Å². The third kappa shape index (κ3) is 12.7. The third-order valence-electron chi connectivity index (χ3n) is 4.69. The van der Waals surface area contributed by atoms with E-state index in [1.165, 1.54) is 17.0 Å². The summed E-state index contributed by atoms with van der Waals surface area (Å²) in [5.74, 6) is -0.962. The smallest absolute Gasteiger partial charge is 0.421 e. The number of hydrogen-bond acceptors (Lipinski definition) is 9. The van der Waals surface area contributed by atoms with Crippen LogP contribution in [0.2, 0.25) is 0 Å². The molecule has 0 bridgehead atoms. The molecule has 0 aromatic heterocycles. The third-order valence-corrected chi connectivity index (χ3v) is 4.98. The van der Waals surface area contributed by atoms with E-state index in [1.807, 2.05) is 0 Å². The molecule has 0 heterocycles. The zero-order valence-corrected chi connectivity index (χ0v) is 26.3. The average molecular weight is 600 g/mol. The topological polar surface area (TPSA) is 132 Å². The van der Waals surface area contributed by atoms with E-state index >= 15 is 0 Å². The van der Waals surface area contributed by atoms with Crippen LogP contribution < -0.4 is 4.90 Å². The van der Waals surface area contributed by atoms with Gasteiger partial charge < -0.3 is 18.9 Å². The van der Waals surface area contributed by atoms with Crippen LogP contribution in [-0.4, -0.2) is 76.0 Å². The normalized spacial score (nSPS) is 11.7. The monoisotopic (exact) mass is 599 g/mol. The fraction of sp³-hybridized carbons (Fsp3) is 0.607. The van der Waals surface area contributed by atoms with E-state index in [9.17, 15) is 24.0 Å². The van der Waals surface area contributed by atoms with E-state index in [0.717, 1.165) is 0 Å². The lowest BCUT2D eigenvalue weighted by Gasteiger charge is -2.30. The standard InChI is InChI=1S/C28H42ClN3O9/c1-11-30(18-29)22(34)38-17-19-12-14-20(15-13-19)32(25(37)41-28(8,9)10)21(33)16-31(23(35)39-26(2,3)4)24(36)40-27(5,6)7/h12-15H,11,16-18H2,1-10H3. The number of ether oxygens (including phenoxy) is 4. The summed E-state index contributed by atoms with van der Waals surface area (Å²) in [6.07, 6.45) is -3.88. The van der Waals surface area contributed by atoms with Crippen LogP contribution in [0.4, 0.5) is 24.9 Å². The molecule has 13 heteroatoms. The first-order chi connectivity index (χ1) is 18.7. The summed E-state index contributed by atoms with van der Waals surface area (Å²) in [5, 5.41) is 0. The molecule has 0 aliphatic heterocycles. The number of rotatable bonds is 7. The lowest BCUT2D eigenvalue weighted by Crippen LogP contribution is -2.51. The van der Waals surface area contributed by atoms with Gasteiger partial charge in [0.1, 0.15) is 30.0 Å². The first-order valence-electron chi connectivity index (χ1n) is 13.0. The second kappa shape index (κ2) is 14.4. The molecule has 0 fully saturated rings. The van der Waals surface area contributed by atoms with Crippen LogP contribution in [0.25, 0.3) is 0 Å². The summed E-state index contributed by atoms with van der Waals surface area (Å²) >= 11 is 5.73. The number of benzene rings is 1. The second-order valence-corrected chi connectivity index (χ2v) is 12.2. The second-order valence-electron chi connectivity index (χ2n) is 12.0. The molecule has 0 aliphatic carbocycles. The number of anilines is 1. The summed E-state index contributed by atoms with van der Waals surface area (Å²) in [7, 11) is 0. The van der Waals surface area contributed by atoms with Gasteiger partial charge >= 0.3 is 24.4 Å². The van der Waals surface area contributed by atoms with Gasteiger partial charge in [-0.3, -0.25) is 9.69 Å². The van der Waals surface area contributed by atoms with Crippen molar-refractivity contribution < 1.29 is 42.9 Å². The van der Waals surface area contributed by atoms with Gasteiger partial charge in [0.15, 0.2) is 0 Å². The lowest BCUT2D eigenvalue weighted by atomic mass is 10.2. The maximum atomic E-state index is 13.5. The molecule has 0 aliphatic rings. The van der Waals surface area contributed by atoms with Crippen molar-refractivity contribution in [2.45, 2.75) is 92.6 Å². The van der Waals surface area contributed by atoms with Crippen molar-refractivity contribution in [1.29, 1.82) is 0 Å². The van der Waals surface area contributed by atoms with Crippen molar-refractivity contribution in [3.8, 4) is 0 Å². The number of nitrogens with zero attached hydrogens (tertiary/aromatic N) is 3. The molecule has 0 radical (unpaired) electrons. The molecule has 0 N–H and O–H groups in total. The summed E-state index contributed by atoms with van der Waals surface area (Å²) in [6, 6.07) is 5.95. The Bertz CT molecular complexity index is 1060. The van der Waals surface area contributed by atoms with Gasteiger partial charge in [0, 0.05) is 6.54 Å². The molecular weight excluding hydrogens is 558 g/mol. The Morgan fingerprint density at radius 3 is 1.54 bits per heavy atom. The maximum absolute atomic E-state index is 13.5. The largest absolute Gasteiger partial charge is 0.445 e. The minimum Gasteiger partial charge on any atom is -0.445 e. The van der Waals surface area contributed by atoms with Crippen LogP contribution >= 0.6 is 11.6 Å². The maximum Gasteiger partial charge on any atom is 0.421 e. The molecule has 1 aromatic rings. The number of hydrogen-bond donors (Lipinski definition) is 0. The number of amides is 5. The molecule has 0 saturated carbocycles. The van der Waals surface area contributed by atoms with E-state index < -0.39 is 53.6 Å². The van der Waals surface area contributed by atoms with Crippen molar-refractivity contribution in [2.24, 2.45) is 0 Å². The lowest BCUT2D eigenvalue weighted by molar-refractivity contribution is -0.119. The highest BCUT2D eigenvalue weighted by atomic mass is 35.5. The SMILES string of the molecule is CCN(CCl)C(=O)OCc1ccc(N(C(=O)CN(C(=O)OC(C)(C)C)C(=O)OC(C)(C)C)C(=O)OC(C)(C)C)cc1. The molecule has 1 rings (SSSR count). The highest BCUT2D eigenvalue weighted by molar-refractivity contribution is 6.18. The van der Waals surface area contributed by atoms with E-state index in [1.54, 1.807) is 81.4 Å². The van der Waals surface area contributed by atoms with Crippen molar-refractivity contribution in [2.75, 3.05) is 24.0 Å². The van der Waals surface area contributed by atoms with Gasteiger partial charge in [-0.2, -0.15) is 0 Å². The molecule has 230 valence electrons. The van der Waals surface area contributed by atoms with Gasteiger partial charge in [0.2, 0.25) is 0 Å². The quantitative estimate of drug-likeness (QED) is 0.202. The van der Waals surface area contributed by atoms with Gasteiger partial charge in [-0.25, -0.2) is 29.0 Å². The van der Waals surface area contributed by atoms with Crippen LogP contribution in [-0.2, 0) is 30.3 Å². The minimum atomic E-state index is -1.13. The molecule has 0 spiro atoms. The summed E-state index contributed by atoms with van der Waals surface area (Å²) in [6.45, 7) is 15.6. The van der Waals surface area contributed by atoms with Crippen molar-refractivity contribution in [3.05, 3.63) is 29.8 Å². The predicted octanol–water partition coefficient (Wildman–Crippen LogP) is 6.28. The summed E-state index contributed by atoms with van der Waals surface area (Å²) < 4.78 is 21.3. The Morgan fingerprint density at radius 2 is 1.15 bits per heavy atom. The number of halogens is 1. The first kappa shape index (κ1) is 35.5. The van der Waals surface area contributed by atoms with Gasteiger partial charge in [0.25, 0.3) is 5.91 Å². The van der Waals surface area contributed by atoms with E-state index in [2.05, 4.69) is 0 Å². The molecule has 12 nitrogen and oxygen atoms in total. The van der Waals surface area contributed by atoms with Crippen LogP contribution in [0.5, 0.6) is 0 Å². The molecule has 5 amide bonds. The van der Waals surface area contributed by atoms with Gasteiger partial charge in [0.05, 0.1) is 11.7 Å². The number of imide groups is 2. The molecule has 0 saturated heterocycles. The number of carbonyl (C=O) groups excluding carboxylic acids is 5. The number of carbonyl (C=O) groups is 5. The zero-order chi connectivity index (χ0) is 31.8. The molecule has 1 aromatic carbocycles. The van der Waals surface area contributed by atoms with Crippen molar-refractivity contribution >= 4 is 47.6 Å². The first-order valence-corrected chi connectivity index (χ1v) is 13.6. The van der Waals surface area contributed by atoms with Gasteiger partial charge in [-0.15, -0.1) is 11.6 Å². The molecule has 41 heavy (non-hydrogen) atoms. The Balaban J connectivity index is 3.34. The predicted molar refractivity (Wildman–Crippen MR) is 153 cm³/mol. The zero-order valence-electron chi connectivity index (χ0n) is 25.5. The van der Waals surface area contributed by atoms with Crippen molar-refractivity contribution in [1.82, 2.24) is 9.80 Å². The molecular formula is C28H42ClN3O9. The van der Waals surface area contributed by atoms with Crippen molar-refractivity contribution in [3.63, 3.8) is 0 Å². The van der Waals surface area contributed by atoms with Crippen LogP contribution in [0.1, 0.15) is 74.8 Å². The highest BCUT2D eigenvalue weighted by Gasteiger charge is 2.37. The Kier molecular flexibility index (Phi) is 12.4. The average Bonchev–Trinajstić information content (AvgIpc) is 2.79. The fourth-order valence-electron chi connectivity index (χ4n) is 2.94. The van der Waals surface area contributed by atoms with E-state index in [-0.39, 0.29) is 18.3 Å². The Morgan fingerprint density at radius 1 is 0.707 bits per heavy atom.